The van der Waals surface area contributed by atoms with Crippen molar-refractivity contribution in [2.45, 2.75) is 26.7 Å². The molecule has 1 atom stereocenters. The summed E-state index contributed by atoms with van der Waals surface area (Å²) in [5.74, 6) is 1.14. The van der Waals surface area contributed by atoms with Crippen LogP contribution in [0.3, 0.4) is 0 Å². The lowest BCUT2D eigenvalue weighted by Gasteiger charge is -2.31. The van der Waals surface area contributed by atoms with E-state index in [1.165, 1.54) is 10.4 Å². The number of rotatable bonds is 2. The molecule has 5 heteroatoms. The number of piperidine rings is 1. The number of fused-ring (bicyclic) bond motifs is 1. The monoisotopic (exact) mass is 275 g/mol. The van der Waals surface area contributed by atoms with E-state index in [-0.39, 0.29) is 5.92 Å². The van der Waals surface area contributed by atoms with Crippen molar-refractivity contribution in [1.82, 2.24) is 9.97 Å². The van der Waals surface area contributed by atoms with Crippen molar-refractivity contribution in [2.24, 2.45) is 5.92 Å². The van der Waals surface area contributed by atoms with Crippen molar-refractivity contribution in [3.63, 3.8) is 0 Å². The van der Waals surface area contributed by atoms with Gasteiger partial charge in [-0.15, -0.1) is 11.3 Å². The van der Waals surface area contributed by atoms with Crippen LogP contribution >= 0.6 is 11.3 Å². The Morgan fingerprint density at radius 1 is 1.42 bits per heavy atom. The van der Waals surface area contributed by atoms with Crippen molar-refractivity contribution < 1.29 is 4.79 Å². The number of aryl methyl sites for hydroxylation is 2. The van der Waals surface area contributed by atoms with E-state index in [9.17, 15) is 4.79 Å². The van der Waals surface area contributed by atoms with Crippen LogP contribution in [-0.2, 0) is 4.79 Å². The molecule has 0 saturated carbocycles. The molecule has 0 radical (unpaired) electrons. The van der Waals surface area contributed by atoms with Crippen LogP contribution in [0.4, 0.5) is 5.82 Å². The summed E-state index contributed by atoms with van der Waals surface area (Å²) >= 11 is 1.72. The molecule has 0 amide bonds. The van der Waals surface area contributed by atoms with Crippen LogP contribution in [0, 0.1) is 19.8 Å². The average Bonchev–Trinajstić information content (AvgIpc) is 2.74. The van der Waals surface area contributed by atoms with Crippen LogP contribution in [0.2, 0.25) is 0 Å². The van der Waals surface area contributed by atoms with E-state index >= 15 is 0 Å². The summed E-state index contributed by atoms with van der Waals surface area (Å²) in [4.78, 5) is 24.4. The molecule has 1 aliphatic rings. The van der Waals surface area contributed by atoms with Crippen molar-refractivity contribution in [1.29, 1.82) is 0 Å². The zero-order valence-electron chi connectivity index (χ0n) is 11.2. The standard InChI is InChI=1S/C14H17N3OS/c1-9-10(2)19-14-12(9)13(15-8-16-14)17-5-3-4-11(6-17)7-18/h7-8,11H,3-6H2,1-2H3. The molecule has 1 unspecified atom stereocenters. The lowest BCUT2D eigenvalue weighted by Crippen LogP contribution is -2.36. The molecule has 0 aromatic carbocycles. The van der Waals surface area contributed by atoms with Gasteiger partial charge in [-0.05, 0) is 32.3 Å². The van der Waals surface area contributed by atoms with E-state index < -0.39 is 0 Å². The number of aromatic nitrogens is 2. The molecule has 100 valence electrons. The minimum Gasteiger partial charge on any atom is -0.355 e. The Bertz CT molecular complexity index is 622. The fourth-order valence-corrected chi connectivity index (χ4v) is 3.71. The second-order valence-electron chi connectivity index (χ2n) is 5.15. The zero-order valence-corrected chi connectivity index (χ0v) is 12.0. The quantitative estimate of drug-likeness (QED) is 0.791. The maximum atomic E-state index is 11.0. The second kappa shape index (κ2) is 4.89. The summed E-state index contributed by atoms with van der Waals surface area (Å²) in [6.07, 6.45) is 4.76. The van der Waals surface area contributed by atoms with Crippen LogP contribution in [0.5, 0.6) is 0 Å². The summed E-state index contributed by atoms with van der Waals surface area (Å²) in [5, 5.41) is 1.16. The van der Waals surface area contributed by atoms with Crippen LogP contribution in [0.15, 0.2) is 6.33 Å². The van der Waals surface area contributed by atoms with Gasteiger partial charge in [0, 0.05) is 23.9 Å². The van der Waals surface area contributed by atoms with Gasteiger partial charge in [-0.1, -0.05) is 0 Å². The Hall–Kier alpha value is -1.49. The first-order valence-electron chi connectivity index (χ1n) is 6.61. The van der Waals surface area contributed by atoms with Crippen LogP contribution < -0.4 is 4.90 Å². The molecular weight excluding hydrogens is 258 g/mol. The van der Waals surface area contributed by atoms with E-state index in [1.54, 1.807) is 17.7 Å². The summed E-state index contributed by atoms with van der Waals surface area (Å²) < 4.78 is 0. The fraction of sp³-hybridized carbons (Fsp3) is 0.500. The average molecular weight is 275 g/mol. The second-order valence-corrected chi connectivity index (χ2v) is 6.35. The summed E-state index contributed by atoms with van der Waals surface area (Å²) in [7, 11) is 0. The van der Waals surface area contributed by atoms with E-state index in [0.717, 1.165) is 48.3 Å². The van der Waals surface area contributed by atoms with E-state index in [0.29, 0.717) is 0 Å². The third kappa shape index (κ3) is 2.12. The molecule has 1 saturated heterocycles. The maximum Gasteiger partial charge on any atom is 0.141 e. The highest BCUT2D eigenvalue weighted by atomic mass is 32.1. The number of hydrogen-bond donors (Lipinski definition) is 0. The Labute approximate surface area is 116 Å². The molecule has 3 heterocycles. The molecule has 0 bridgehead atoms. The lowest BCUT2D eigenvalue weighted by molar-refractivity contribution is -0.111. The minimum atomic E-state index is 0.138. The molecule has 3 rings (SSSR count). The smallest absolute Gasteiger partial charge is 0.141 e. The van der Waals surface area contributed by atoms with Gasteiger partial charge in [0.05, 0.1) is 5.39 Å². The number of carbonyl (C=O) groups excluding carboxylic acids is 1. The largest absolute Gasteiger partial charge is 0.355 e. The first-order chi connectivity index (χ1) is 9.20. The fourth-order valence-electron chi connectivity index (χ4n) is 2.72. The van der Waals surface area contributed by atoms with E-state index in [2.05, 4.69) is 28.7 Å². The molecule has 0 spiro atoms. The number of carbonyl (C=O) groups is 1. The number of thiophene rings is 1. The van der Waals surface area contributed by atoms with Gasteiger partial charge in [0.15, 0.2) is 0 Å². The van der Waals surface area contributed by atoms with Gasteiger partial charge in [0.2, 0.25) is 0 Å². The van der Waals surface area contributed by atoms with Crippen LogP contribution in [-0.4, -0.2) is 29.3 Å². The van der Waals surface area contributed by atoms with Crippen molar-refractivity contribution in [3.05, 3.63) is 16.8 Å². The summed E-state index contributed by atoms with van der Waals surface area (Å²) in [5.41, 5.74) is 1.27. The number of hydrogen-bond acceptors (Lipinski definition) is 5. The van der Waals surface area contributed by atoms with Gasteiger partial charge < -0.3 is 9.69 Å². The molecule has 4 nitrogen and oxygen atoms in total. The van der Waals surface area contributed by atoms with Gasteiger partial charge in [-0.3, -0.25) is 0 Å². The summed E-state index contributed by atoms with van der Waals surface area (Å²) in [6.45, 7) is 6.01. The lowest BCUT2D eigenvalue weighted by atomic mass is 9.99. The molecule has 0 aliphatic carbocycles. The highest BCUT2D eigenvalue weighted by molar-refractivity contribution is 7.18. The molecule has 2 aromatic heterocycles. The molecule has 2 aromatic rings. The maximum absolute atomic E-state index is 11.0. The number of anilines is 1. The molecular formula is C14H17N3OS. The molecule has 1 aliphatic heterocycles. The van der Waals surface area contributed by atoms with Gasteiger partial charge >= 0.3 is 0 Å². The normalized spacial score (nSPS) is 19.9. The first-order valence-corrected chi connectivity index (χ1v) is 7.43. The SMILES string of the molecule is Cc1sc2ncnc(N3CCCC(C=O)C3)c2c1C. The van der Waals surface area contributed by atoms with Crippen LogP contribution in [0.25, 0.3) is 10.2 Å². The highest BCUT2D eigenvalue weighted by Gasteiger charge is 2.23. The van der Waals surface area contributed by atoms with E-state index in [4.69, 9.17) is 0 Å². The van der Waals surface area contributed by atoms with E-state index in [1.807, 2.05) is 0 Å². The molecule has 19 heavy (non-hydrogen) atoms. The van der Waals surface area contributed by atoms with Gasteiger partial charge in [0.25, 0.3) is 0 Å². The predicted octanol–water partition coefficient (Wildman–Crippen LogP) is 2.72. The molecule has 1 fully saturated rings. The molecule has 0 N–H and O–H groups in total. The van der Waals surface area contributed by atoms with Gasteiger partial charge in [-0.2, -0.15) is 0 Å². The predicted molar refractivity (Wildman–Crippen MR) is 77.9 cm³/mol. The first kappa shape index (κ1) is 12.5. The Balaban J connectivity index is 2.07. The van der Waals surface area contributed by atoms with Crippen LogP contribution in [0.1, 0.15) is 23.3 Å². The van der Waals surface area contributed by atoms with Crippen molar-refractivity contribution in [3.8, 4) is 0 Å². The number of nitrogens with zero attached hydrogens (tertiary/aromatic N) is 3. The topological polar surface area (TPSA) is 46.1 Å². The zero-order chi connectivity index (χ0) is 13.4. The van der Waals surface area contributed by atoms with Gasteiger partial charge in [0.1, 0.15) is 23.3 Å². The number of aldehydes is 1. The highest BCUT2D eigenvalue weighted by Crippen LogP contribution is 2.35. The minimum absolute atomic E-state index is 0.138. The third-order valence-corrected chi connectivity index (χ3v) is 5.01. The summed E-state index contributed by atoms with van der Waals surface area (Å²) in [6, 6.07) is 0. The third-order valence-electron chi connectivity index (χ3n) is 3.90. The Morgan fingerprint density at radius 3 is 3.05 bits per heavy atom. The van der Waals surface area contributed by atoms with Crippen molar-refractivity contribution >= 4 is 33.7 Å². The van der Waals surface area contributed by atoms with Crippen molar-refractivity contribution in [2.75, 3.05) is 18.0 Å². The van der Waals surface area contributed by atoms with Gasteiger partial charge in [-0.25, -0.2) is 9.97 Å². The Morgan fingerprint density at radius 2 is 2.26 bits per heavy atom. The Kier molecular flexibility index (Phi) is 3.22.